The zero-order chi connectivity index (χ0) is 13.8. The van der Waals surface area contributed by atoms with E-state index in [-0.39, 0.29) is 12.7 Å². The van der Waals surface area contributed by atoms with E-state index in [2.05, 4.69) is 15.9 Å². The molecule has 19 heavy (non-hydrogen) atoms. The van der Waals surface area contributed by atoms with Crippen molar-refractivity contribution in [1.82, 2.24) is 0 Å². The highest BCUT2D eigenvalue weighted by Crippen LogP contribution is 2.56. The lowest BCUT2D eigenvalue weighted by Crippen LogP contribution is -2.22. The van der Waals surface area contributed by atoms with Crippen molar-refractivity contribution in [1.29, 1.82) is 0 Å². The molecule has 1 heterocycles. The van der Waals surface area contributed by atoms with Crippen LogP contribution in [0.2, 0.25) is 0 Å². The summed E-state index contributed by atoms with van der Waals surface area (Å²) in [5.41, 5.74) is 1.10. The maximum absolute atomic E-state index is 11.6. The van der Waals surface area contributed by atoms with Crippen LogP contribution in [0.5, 0.6) is 11.5 Å². The lowest BCUT2D eigenvalue weighted by molar-refractivity contribution is -0.140. The van der Waals surface area contributed by atoms with Gasteiger partial charge in [-0.05, 0) is 46.3 Å². The van der Waals surface area contributed by atoms with Crippen molar-refractivity contribution >= 4 is 21.9 Å². The standard InChI is InChI=1S/C14H15BrO4/c1-7(2)10-8(14(3-4-14)13(16)17)5-9(15)11-12(10)19-6-18-11/h5,7H,3-4,6H2,1-2H3,(H,16,17). The van der Waals surface area contributed by atoms with E-state index in [1.54, 1.807) is 0 Å². The first-order chi connectivity index (χ1) is 8.97. The number of fused-ring (bicyclic) bond motifs is 1. The van der Waals surface area contributed by atoms with Crippen LogP contribution >= 0.6 is 15.9 Å². The van der Waals surface area contributed by atoms with Gasteiger partial charge in [0.15, 0.2) is 11.5 Å². The minimum absolute atomic E-state index is 0.190. The largest absolute Gasteiger partial charge is 0.481 e. The first-order valence-electron chi connectivity index (χ1n) is 6.33. The summed E-state index contributed by atoms with van der Waals surface area (Å²) in [5, 5.41) is 9.52. The van der Waals surface area contributed by atoms with Crippen molar-refractivity contribution in [3.05, 3.63) is 21.7 Å². The van der Waals surface area contributed by atoms with E-state index in [0.29, 0.717) is 24.3 Å². The van der Waals surface area contributed by atoms with E-state index in [1.807, 2.05) is 19.9 Å². The Morgan fingerprint density at radius 3 is 2.53 bits per heavy atom. The number of carboxylic acid groups (broad SMARTS) is 1. The van der Waals surface area contributed by atoms with Crippen LogP contribution in [0.25, 0.3) is 0 Å². The van der Waals surface area contributed by atoms with Gasteiger partial charge in [-0.3, -0.25) is 4.79 Å². The third-order valence-corrected chi connectivity index (χ3v) is 4.48. The van der Waals surface area contributed by atoms with Gasteiger partial charge in [0.25, 0.3) is 0 Å². The molecule has 1 aliphatic heterocycles. The fourth-order valence-electron chi connectivity index (χ4n) is 2.74. The minimum atomic E-state index is -0.750. The van der Waals surface area contributed by atoms with Crippen LogP contribution in [0.1, 0.15) is 43.7 Å². The van der Waals surface area contributed by atoms with E-state index in [0.717, 1.165) is 15.6 Å². The van der Waals surface area contributed by atoms with Crippen LogP contribution in [0, 0.1) is 0 Å². The summed E-state index contributed by atoms with van der Waals surface area (Å²) in [4.78, 5) is 11.6. The first kappa shape index (κ1) is 12.8. The molecule has 1 saturated carbocycles. The molecular formula is C14H15BrO4. The summed E-state index contributed by atoms with van der Waals surface area (Å²) < 4.78 is 11.8. The molecule has 0 bridgehead atoms. The second-order valence-electron chi connectivity index (χ2n) is 5.43. The molecule has 2 aliphatic rings. The lowest BCUT2D eigenvalue weighted by Gasteiger charge is -2.20. The van der Waals surface area contributed by atoms with Gasteiger partial charge in [-0.2, -0.15) is 0 Å². The van der Waals surface area contributed by atoms with E-state index >= 15 is 0 Å². The Morgan fingerprint density at radius 2 is 2.00 bits per heavy atom. The summed E-state index contributed by atoms with van der Waals surface area (Å²) in [5.74, 6) is 0.830. The molecule has 1 aromatic rings. The van der Waals surface area contributed by atoms with Crippen LogP contribution in [-0.2, 0) is 10.2 Å². The summed E-state index contributed by atoms with van der Waals surface area (Å²) >= 11 is 3.45. The number of carboxylic acids is 1. The molecule has 5 heteroatoms. The van der Waals surface area contributed by atoms with Crippen molar-refractivity contribution in [2.75, 3.05) is 6.79 Å². The number of benzene rings is 1. The molecule has 102 valence electrons. The summed E-state index contributed by atoms with van der Waals surface area (Å²) in [7, 11) is 0. The maximum Gasteiger partial charge on any atom is 0.314 e. The van der Waals surface area contributed by atoms with Crippen LogP contribution in [0.3, 0.4) is 0 Å². The fourth-order valence-corrected chi connectivity index (χ4v) is 3.26. The second-order valence-corrected chi connectivity index (χ2v) is 6.28. The third kappa shape index (κ3) is 1.75. The molecule has 4 nitrogen and oxygen atoms in total. The molecule has 0 atom stereocenters. The number of hydrogen-bond donors (Lipinski definition) is 1. The highest BCUT2D eigenvalue weighted by Gasteiger charge is 2.54. The molecule has 0 unspecified atom stereocenters. The van der Waals surface area contributed by atoms with Gasteiger partial charge in [-0.25, -0.2) is 0 Å². The van der Waals surface area contributed by atoms with Gasteiger partial charge in [0.2, 0.25) is 6.79 Å². The minimum Gasteiger partial charge on any atom is -0.481 e. The molecule has 0 spiro atoms. The second kappa shape index (κ2) is 4.13. The number of halogens is 1. The van der Waals surface area contributed by atoms with Crippen LogP contribution in [-0.4, -0.2) is 17.9 Å². The Hall–Kier alpha value is -1.23. The fraction of sp³-hybridized carbons (Fsp3) is 0.500. The van der Waals surface area contributed by atoms with Crippen LogP contribution in [0.15, 0.2) is 10.5 Å². The monoisotopic (exact) mass is 326 g/mol. The maximum atomic E-state index is 11.6. The molecular weight excluding hydrogens is 312 g/mol. The molecule has 3 rings (SSSR count). The number of ether oxygens (including phenoxy) is 2. The molecule has 1 N–H and O–H groups in total. The average Bonchev–Trinajstić information content (AvgIpc) is 3.01. The normalized spacial score (nSPS) is 18.7. The summed E-state index contributed by atoms with van der Waals surface area (Å²) in [6, 6.07) is 1.89. The zero-order valence-electron chi connectivity index (χ0n) is 10.8. The number of aliphatic carboxylic acids is 1. The number of rotatable bonds is 3. The van der Waals surface area contributed by atoms with Crippen LogP contribution in [0.4, 0.5) is 0 Å². The van der Waals surface area contributed by atoms with E-state index in [9.17, 15) is 9.90 Å². The average molecular weight is 327 g/mol. The SMILES string of the molecule is CC(C)c1c(C2(C(=O)O)CC2)cc(Br)c2c1OCO2. The van der Waals surface area contributed by atoms with E-state index in [4.69, 9.17) is 9.47 Å². The molecule has 1 aliphatic carbocycles. The predicted molar refractivity (Wildman–Crippen MR) is 72.9 cm³/mol. The zero-order valence-corrected chi connectivity index (χ0v) is 12.4. The molecule has 1 aromatic carbocycles. The van der Waals surface area contributed by atoms with Gasteiger partial charge in [-0.15, -0.1) is 0 Å². The highest BCUT2D eigenvalue weighted by molar-refractivity contribution is 9.10. The van der Waals surface area contributed by atoms with Crippen molar-refractivity contribution in [2.45, 2.75) is 38.0 Å². The van der Waals surface area contributed by atoms with Crippen molar-refractivity contribution in [2.24, 2.45) is 0 Å². The molecule has 1 fully saturated rings. The third-order valence-electron chi connectivity index (χ3n) is 3.89. The number of carbonyl (C=O) groups is 1. The van der Waals surface area contributed by atoms with E-state index in [1.165, 1.54) is 0 Å². The quantitative estimate of drug-likeness (QED) is 0.924. The Labute approximate surface area is 119 Å². The van der Waals surface area contributed by atoms with Crippen LogP contribution < -0.4 is 9.47 Å². The Kier molecular flexibility index (Phi) is 2.78. The van der Waals surface area contributed by atoms with Gasteiger partial charge in [0, 0.05) is 5.56 Å². The first-order valence-corrected chi connectivity index (χ1v) is 7.12. The Morgan fingerprint density at radius 1 is 1.37 bits per heavy atom. The van der Waals surface area contributed by atoms with E-state index < -0.39 is 11.4 Å². The smallest absolute Gasteiger partial charge is 0.314 e. The number of hydrogen-bond acceptors (Lipinski definition) is 3. The predicted octanol–water partition coefficient (Wildman–Crippen LogP) is 3.42. The van der Waals surface area contributed by atoms with Gasteiger partial charge in [0.05, 0.1) is 9.89 Å². The van der Waals surface area contributed by atoms with Gasteiger partial charge >= 0.3 is 5.97 Å². The summed E-state index contributed by atoms with van der Waals surface area (Å²) in [6.45, 7) is 4.29. The van der Waals surface area contributed by atoms with Gasteiger partial charge in [-0.1, -0.05) is 13.8 Å². The molecule has 0 amide bonds. The highest BCUT2D eigenvalue weighted by atomic mass is 79.9. The van der Waals surface area contributed by atoms with Crippen molar-refractivity contribution < 1.29 is 19.4 Å². The van der Waals surface area contributed by atoms with Crippen molar-refractivity contribution in [3.8, 4) is 11.5 Å². The molecule has 0 aromatic heterocycles. The Bertz CT molecular complexity index is 561. The summed E-state index contributed by atoms with van der Waals surface area (Å²) in [6.07, 6.45) is 1.38. The lowest BCUT2D eigenvalue weighted by atomic mass is 9.85. The topological polar surface area (TPSA) is 55.8 Å². The van der Waals surface area contributed by atoms with Gasteiger partial charge < -0.3 is 14.6 Å². The van der Waals surface area contributed by atoms with Gasteiger partial charge in [0.1, 0.15) is 0 Å². The molecule has 0 saturated heterocycles. The Balaban J connectivity index is 2.25. The van der Waals surface area contributed by atoms with Crippen molar-refractivity contribution in [3.63, 3.8) is 0 Å². The molecule has 0 radical (unpaired) electrons.